The highest BCUT2D eigenvalue weighted by molar-refractivity contribution is 5.48. The lowest BCUT2D eigenvalue weighted by molar-refractivity contribution is 0.138. The van der Waals surface area contributed by atoms with Crippen molar-refractivity contribution >= 4 is 5.69 Å². The molecular weight excluding hydrogens is 219 g/mol. The van der Waals surface area contributed by atoms with Crippen molar-refractivity contribution in [2.45, 2.75) is 25.4 Å². The molecule has 0 bridgehead atoms. The van der Waals surface area contributed by atoms with Crippen LogP contribution in [0.3, 0.4) is 0 Å². The molecule has 1 aromatic rings. The maximum atomic E-state index is 13.3. The van der Waals surface area contributed by atoms with Gasteiger partial charge in [0.15, 0.2) is 0 Å². The zero-order valence-electron chi connectivity index (χ0n) is 9.49. The van der Waals surface area contributed by atoms with Gasteiger partial charge in [-0.3, -0.25) is 0 Å². The molecule has 17 heavy (non-hydrogen) atoms. The van der Waals surface area contributed by atoms with Crippen LogP contribution in [0.25, 0.3) is 0 Å². The highest BCUT2D eigenvalue weighted by Crippen LogP contribution is 2.26. The normalized spacial score (nSPS) is 23.4. The van der Waals surface area contributed by atoms with Crippen molar-refractivity contribution in [1.29, 1.82) is 5.26 Å². The number of hydrogen-bond donors (Lipinski definition) is 2. The molecule has 0 radical (unpaired) electrons. The van der Waals surface area contributed by atoms with E-state index in [1.807, 2.05) is 0 Å². The van der Waals surface area contributed by atoms with Gasteiger partial charge in [-0.25, -0.2) is 4.39 Å². The summed E-state index contributed by atoms with van der Waals surface area (Å²) < 4.78 is 13.3. The second-order valence-electron chi connectivity index (χ2n) is 4.45. The van der Waals surface area contributed by atoms with E-state index in [9.17, 15) is 9.50 Å². The molecule has 90 valence electrons. The summed E-state index contributed by atoms with van der Waals surface area (Å²) in [6.45, 7) is 0.645. The number of nitriles is 1. The van der Waals surface area contributed by atoms with E-state index < -0.39 is 5.82 Å². The Hall–Kier alpha value is -1.60. The predicted molar refractivity (Wildman–Crippen MR) is 63.0 cm³/mol. The summed E-state index contributed by atoms with van der Waals surface area (Å²) in [7, 11) is 0. The Morgan fingerprint density at radius 3 is 2.88 bits per heavy atom. The Labute approximate surface area is 99.9 Å². The third kappa shape index (κ3) is 2.75. The number of hydrogen-bond acceptors (Lipinski definition) is 3. The molecule has 2 unspecified atom stereocenters. The molecule has 0 saturated heterocycles. The van der Waals surface area contributed by atoms with Crippen LogP contribution >= 0.6 is 0 Å². The zero-order valence-corrected chi connectivity index (χ0v) is 9.49. The molecule has 2 rings (SSSR count). The zero-order chi connectivity index (χ0) is 12.3. The molecule has 2 N–H and O–H groups in total. The molecule has 1 fully saturated rings. The quantitative estimate of drug-likeness (QED) is 0.843. The summed E-state index contributed by atoms with van der Waals surface area (Å²) in [6.07, 6.45) is 2.67. The van der Waals surface area contributed by atoms with Gasteiger partial charge in [-0.2, -0.15) is 5.26 Å². The molecule has 0 aromatic heterocycles. The van der Waals surface area contributed by atoms with Gasteiger partial charge < -0.3 is 10.4 Å². The van der Waals surface area contributed by atoms with E-state index in [1.165, 1.54) is 12.1 Å². The first-order chi connectivity index (χ1) is 8.20. The fourth-order valence-electron chi connectivity index (χ4n) is 2.22. The predicted octanol–water partition coefficient (Wildman–Crippen LogP) is 2.27. The number of nitrogens with one attached hydrogen (secondary N) is 1. The Kier molecular flexibility index (Phi) is 3.60. The lowest BCUT2D eigenvalue weighted by atomic mass is 10.1. The monoisotopic (exact) mass is 234 g/mol. The highest BCUT2D eigenvalue weighted by atomic mass is 19.1. The highest BCUT2D eigenvalue weighted by Gasteiger charge is 2.24. The van der Waals surface area contributed by atoms with Crippen molar-refractivity contribution in [2.75, 3.05) is 11.9 Å². The number of nitrogens with zero attached hydrogens (tertiary/aromatic N) is 1. The molecule has 3 nitrogen and oxygen atoms in total. The second kappa shape index (κ2) is 5.15. The van der Waals surface area contributed by atoms with Gasteiger partial charge in [0.2, 0.25) is 0 Å². The molecule has 0 aliphatic heterocycles. The van der Waals surface area contributed by atoms with Crippen molar-refractivity contribution in [3.05, 3.63) is 29.6 Å². The number of aliphatic hydroxyl groups is 1. The fourth-order valence-corrected chi connectivity index (χ4v) is 2.22. The lowest BCUT2D eigenvalue weighted by Gasteiger charge is -2.16. The van der Waals surface area contributed by atoms with Crippen molar-refractivity contribution in [3.8, 4) is 6.07 Å². The number of halogens is 1. The molecule has 0 heterocycles. The number of aliphatic hydroxyl groups excluding tert-OH is 1. The molecule has 1 aromatic carbocycles. The third-order valence-electron chi connectivity index (χ3n) is 3.28. The lowest BCUT2D eigenvalue weighted by Crippen LogP contribution is -2.21. The Bertz CT molecular complexity index is 442. The first-order valence-electron chi connectivity index (χ1n) is 5.82. The molecule has 0 amide bonds. The first-order valence-corrected chi connectivity index (χ1v) is 5.82. The van der Waals surface area contributed by atoms with Gasteiger partial charge in [0.1, 0.15) is 11.9 Å². The Balaban J connectivity index is 1.95. The van der Waals surface area contributed by atoms with E-state index in [0.717, 1.165) is 19.3 Å². The SMILES string of the molecule is N#Cc1ccc(NCC2CCCC2O)cc1F. The maximum absolute atomic E-state index is 13.3. The van der Waals surface area contributed by atoms with Gasteiger partial charge >= 0.3 is 0 Å². The van der Waals surface area contributed by atoms with Crippen LogP contribution in [0.4, 0.5) is 10.1 Å². The van der Waals surface area contributed by atoms with Gasteiger partial charge in [-0.05, 0) is 31.0 Å². The fraction of sp³-hybridized carbons (Fsp3) is 0.462. The average Bonchev–Trinajstić information content (AvgIpc) is 2.72. The van der Waals surface area contributed by atoms with Crippen LogP contribution in [0.5, 0.6) is 0 Å². The molecule has 0 spiro atoms. The summed E-state index contributed by atoms with van der Waals surface area (Å²) in [5.41, 5.74) is 0.706. The number of rotatable bonds is 3. The van der Waals surface area contributed by atoms with Crippen LogP contribution in [0.2, 0.25) is 0 Å². The topological polar surface area (TPSA) is 56.0 Å². The van der Waals surface area contributed by atoms with Crippen LogP contribution < -0.4 is 5.32 Å². The van der Waals surface area contributed by atoms with E-state index in [1.54, 1.807) is 12.1 Å². The molecule has 4 heteroatoms. The third-order valence-corrected chi connectivity index (χ3v) is 3.28. The summed E-state index contributed by atoms with van der Waals surface area (Å²) in [6, 6.07) is 6.25. The van der Waals surface area contributed by atoms with Gasteiger partial charge in [0, 0.05) is 18.2 Å². The van der Waals surface area contributed by atoms with Crippen LogP contribution in [0, 0.1) is 23.1 Å². The summed E-state index contributed by atoms with van der Waals surface area (Å²) >= 11 is 0. The summed E-state index contributed by atoms with van der Waals surface area (Å²) in [4.78, 5) is 0. The van der Waals surface area contributed by atoms with Crippen molar-refractivity contribution < 1.29 is 9.50 Å². The minimum Gasteiger partial charge on any atom is -0.393 e. The molecule has 2 atom stereocenters. The smallest absolute Gasteiger partial charge is 0.143 e. The largest absolute Gasteiger partial charge is 0.393 e. The van der Waals surface area contributed by atoms with E-state index >= 15 is 0 Å². The van der Waals surface area contributed by atoms with E-state index in [2.05, 4.69) is 5.32 Å². The van der Waals surface area contributed by atoms with Crippen LogP contribution in [-0.4, -0.2) is 17.8 Å². The summed E-state index contributed by atoms with van der Waals surface area (Å²) in [5, 5.41) is 21.3. The number of benzene rings is 1. The van der Waals surface area contributed by atoms with Crippen molar-refractivity contribution in [2.24, 2.45) is 5.92 Å². The number of anilines is 1. The Morgan fingerprint density at radius 1 is 1.47 bits per heavy atom. The first kappa shape index (κ1) is 11.9. The van der Waals surface area contributed by atoms with Crippen LogP contribution in [0.15, 0.2) is 18.2 Å². The molecular formula is C13H15FN2O. The van der Waals surface area contributed by atoms with Gasteiger partial charge in [0.05, 0.1) is 11.7 Å². The van der Waals surface area contributed by atoms with Crippen molar-refractivity contribution in [3.63, 3.8) is 0 Å². The minimum absolute atomic E-state index is 0.0523. The average molecular weight is 234 g/mol. The van der Waals surface area contributed by atoms with Crippen LogP contribution in [-0.2, 0) is 0 Å². The van der Waals surface area contributed by atoms with Gasteiger partial charge in [0.25, 0.3) is 0 Å². The van der Waals surface area contributed by atoms with Crippen molar-refractivity contribution in [1.82, 2.24) is 0 Å². The van der Waals surface area contributed by atoms with E-state index in [-0.39, 0.29) is 17.6 Å². The van der Waals surface area contributed by atoms with Gasteiger partial charge in [-0.15, -0.1) is 0 Å². The van der Waals surface area contributed by atoms with E-state index in [4.69, 9.17) is 5.26 Å². The van der Waals surface area contributed by atoms with Gasteiger partial charge in [-0.1, -0.05) is 6.42 Å². The molecule has 1 aliphatic rings. The standard InChI is InChI=1S/C13H15FN2O/c14-12-6-11(5-4-9(12)7-15)16-8-10-2-1-3-13(10)17/h4-6,10,13,16-17H,1-3,8H2. The maximum Gasteiger partial charge on any atom is 0.143 e. The Morgan fingerprint density at radius 2 is 2.29 bits per heavy atom. The van der Waals surface area contributed by atoms with E-state index in [0.29, 0.717) is 12.2 Å². The minimum atomic E-state index is -0.510. The second-order valence-corrected chi connectivity index (χ2v) is 4.45. The molecule has 1 saturated carbocycles. The van der Waals surface area contributed by atoms with Crippen LogP contribution in [0.1, 0.15) is 24.8 Å². The summed E-state index contributed by atoms with van der Waals surface area (Å²) in [5.74, 6) is -0.266. The molecule has 1 aliphatic carbocycles.